The van der Waals surface area contributed by atoms with E-state index in [1.807, 2.05) is 6.92 Å². The fraction of sp³-hybridized carbons (Fsp3) is 0.600. The molecule has 2 nitrogen and oxygen atoms in total. The van der Waals surface area contributed by atoms with Crippen LogP contribution >= 0.6 is 0 Å². The third-order valence-electron chi connectivity index (χ3n) is 3.51. The smallest absolute Gasteiger partial charge is 0.130 e. The van der Waals surface area contributed by atoms with E-state index in [0.29, 0.717) is 6.42 Å². The second-order valence-corrected chi connectivity index (χ2v) is 5.01. The summed E-state index contributed by atoms with van der Waals surface area (Å²) in [6.45, 7) is 3.53. The van der Waals surface area contributed by atoms with Crippen LogP contribution < -0.4 is 5.32 Å². The Hall–Kier alpha value is -1.00. The Kier molecular flexibility index (Phi) is 5.28. The predicted molar refractivity (Wildman–Crippen MR) is 71.0 cm³/mol. The second kappa shape index (κ2) is 6.96. The molecule has 2 unspecified atom stereocenters. The minimum absolute atomic E-state index is 0.105. The molecule has 0 saturated carbocycles. The molecule has 1 heterocycles. The van der Waals surface area contributed by atoms with Gasteiger partial charge in [-0.15, -0.1) is 0 Å². The highest BCUT2D eigenvalue weighted by molar-refractivity contribution is 5.23. The van der Waals surface area contributed by atoms with E-state index < -0.39 is 11.6 Å². The molecule has 1 fully saturated rings. The Morgan fingerprint density at radius 3 is 2.68 bits per heavy atom. The molecule has 1 aliphatic rings. The predicted octanol–water partition coefficient (Wildman–Crippen LogP) is 3.57. The van der Waals surface area contributed by atoms with Crippen molar-refractivity contribution in [3.8, 4) is 0 Å². The molecule has 2 rings (SSSR count). The van der Waals surface area contributed by atoms with Crippen LogP contribution in [0.15, 0.2) is 18.2 Å². The molecule has 106 valence electrons. The lowest BCUT2D eigenvalue weighted by molar-refractivity contribution is 0.0938. The number of hydrogen-bond donors (Lipinski definition) is 1. The molecular weight excluding hydrogens is 248 g/mol. The molecule has 1 aromatic carbocycles. The zero-order valence-corrected chi connectivity index (χ0v) is 11.3. The van der Waals surface area contributed by atoms with Gasteiger partial charge in [-0.1, -0.05) is 13.0 Å². The quantitative estimate of drug-likeness (QED) is 0.852. The van der Waals surface area contributed by atoms with Gasteiger partial charge in [-0.3, -0.25) is 0 Å². The normalized spacial score (nSPS) is 20.7. The van der Waals surface area contributed by atoms with Gasteiger partial charge in [0, 0.05) is 18.2 Å². The van der Waals surface area contributed by atoms with Crippen LogP contribution in [0.2, 0.25) is 0 Å². The van der Waals surface area contributed by atoms with E-state index in [-0.39, 0.29) is 17.7 Å². The van der Waals surface area contributed by atoms with Gasteiger partial charge in [0.25, 0.3) is 0 Å². The van der Waals surface area contributed by atoms with Crippen molar-refractivity contribution in [3.63, 3.8) is 0 Å². The molecule has 1 saturated heterocycles. The fourth-order valence-corrected chi connectivity index (χ4v) is 2.56. The first-order chi connectivity index (χ1) is 9.22. The van der Waals surface area contributed by atoms with E-state index in [0.717, 1.165) is 32.4 Å². The van der Waals surface area contributed by atoms with Crippen molar-refractivity contribution in [1.29, 1.82) is 0 Å². The average Bonchev–Trinajstić information content (AvgIpc) is 2.88. The van der Waals surface area contributed by atoms with E-state index in [2.05, 4.69) is 5.32 Å². The molecule has 0 radical (unpaired) electrons. The minimum atomic E-state index is -0.480. The van der Waals surface area contributed by atoms with E-state index in [1.54, 1.807) is 0 Å². The van der Waals surface area contributed by atoms with Gasteiger partial charge < -0.3 is 10.1 Å². The van der Waals surface area contributed by atoms with Gasteiger partial charge in [0.1, 0.15) is 11.6 Å². The number of halogens is 2. The first-order valence-electron chi connectivity index (χ1n) is 7.01. The van der Waals surface area contributed by atoms with Crippen molar-refractivity contribution in [1.82, 2.24) is 5.32 Å². The molecule has 0 aliphatic carbocycles. The summed E-state index contributed by atoms with van der Waals surface area (Å²) in [7, 11) is 0. The maximum absolute atomic E-state index is 13.9. The van der Waals surface area contributed by atoms with Crippen LogP contribution in [0.3, 0.4) is 0 Å². The summed E-state index contributed by atoms with van der Waals surface area (Å²) in [4.78, 5) is 0. The summed E-state index contributed by atoms with van der Waals surface area (Å²) in [5.74, 6) is -0.960. The lowest BCUT2D eigenvalue weighted by Crippen LogP contribution is -2.27. The largest absolute Gasteiger partial charge is 0.378 e. The summed E-state index contributed by atoms with van der Waals surface area (Å²) < 4.78 is 33.3. The van der Waals surface area contributed by atoms with Gasteiger partial charge in [0.15, 0.2) is 0 Å². The first kappa shape index (κ1) is 14.4. The van der Waals surface area contributed by atoms with Crippen LogP contribution in [0.5, 0.6) is 0 Å². The second-order valence-electron chi connectivity index (χ2n) is 5.01. The van der Waals surface area contributed by atoms with Crippen LogP contribution in [0.4, 0.5) is 8.78 Å². The molecule has 0 amide bonds. The molecular formula is C15H21F2NO. The maximum Gasteiger partial charge on any atom is 0.130 e. The van der Waals surface area contributed by atoms with Crippen molar-refractivity contribution >= 4 is 0 Å². The Morgan fingerprint density at radius 2 is 2.11 bits per heavy atom. The maximum atomic E-state index is 13.9. The molecule has 0 aromatic heterocycles. The number of nitrogens with one attached hydrogen (secondary N) is 1. The number of ether oxygens (including phenoxy) is 1. The monoisotopic (exact) mass is 269 g/mol. The highest BCUT2D eigenvalue weighted by atomic mass is 19.1. The Bertz CT molecular complexity index is 385. The van der Waals surface area contributed by atoms with Crippen molar-refractivity contribution in [3.05, 3.63) is 35.4 Å². The first-order valence-corrected chi connectivity index (χ1v) is 7.01. The van der Waals surface area contributed by atoms with Gasteiger partial charge in [0.2, 0.25) is 0 Å². The summed E-state index contributed by atoms with van der Waals surface area (Å²) in [6.07, 6.45) is 3.66. The topological polar surface area (TPSA) is 21.3 Å². The van der Waals surface area contributed by atoms with Crippen LogP contribution in [0.1, 0.15) is 44.2 Å². The molecule has 0 bridgehead atoms. The highest BCUT2D eigenvalue weighted by Crippen LogP contribution is 2.28. The highest BCUT2D eigenvalue weighted by Gasteiger charge is 2.25. The molecule has 0 spiro atoms. The lowest BCUT2D eigenvalue weighted by atomic mass is 9.98. The van der Waals surface area contributed by atoms with Gasteiger partial charge in [-0.2, -0.15) is 0 Å². The Balaban J connectivity index is 2.15. The standard InChI is InChI=1S/C15H21F2NO/c1-2-8-18-14(10-11-5-4-9-19-11)15-12(16)6-3-7-13(15)17/h3,6-7,11,14,18H,2,4-5,8-10H2,1H3. The third kappa shape index (κ3) is 3.74. The summed E-state index contributed by atoms with van der Waals surface area (Å²) >= 11 is 0. The molecule has 1 aliphatic heterocycles. The summed E-state index contributed by atoms with van der Waals surface area (Å²) in [5, 5.41) is 3.23. The van der Waals surface area contributed by atoms with E-state index >= 15 is 0 Å². The molecule has 2 atom stereocenters. The van der Waals surface area contributed by atoms with Crippen LogP contribution in [0, 0.1) is 11.6 Å². The molecule has 1 aromatic rings. The number of benzene rings is 1. The average molecular weight is 269 g/mol. The fourth-order valence-electron chi connectivity index (χ4n) is 2.56. The van der Waals surface area contributed by atoms with Crippen molar-refractivity contribution < 1.29 is 13.5 Å². The number of hydrogen-bond acceptors (Lipinski definition) is 2. The molecule has 4 heteroatoms. The summed E-state index contributed by atoms with van der Waals surface area (Å²) in [5.41, 5.74) is 0.145. The minimum Gasteiger partial charge on any atom is -0.378 e. The van der Waals surface area contributed by atoms with Gasteiger partial charge in [0.05, 0.1) is 6.10 Å². The van der Waals surface area contributed by atoms with Crippen molar-refractivity contribution in [2.45, 2.75) is 44.8 Å². The van der Waals surface area contributed by atoms with Gasteiger partial charge >= 0.3 is 0 Å². The van der Waals surface area contributed by atoms with E-state index in [4.69, 9.17) is 4.74 Å². The van der Waals surface area contributed by atoms with Gasteiger partial charge in [-0.25, -0.2) is 8.78 Å². The number of rotatable bonds is 6. The van der Waals surface area contributed by atoms with Gasteiger partial charge in [-0.05, 0) is 44.4 Å². The van der Waals surface area contributed by atoms with Crippen LogP contribution in [-0.4, -0.2) is 19.3 Å². The zero-order chi connectivity index (χ0) is 13.7. The van der Waals surface area contributed by atoms with Crippen molar-refractivity contribution in [2.24, 2.45) is 0 Å². The van der Waals surface area contributed by atoms with E-state index in [9.17, 15) is 8.78 Å². The zero-order valence-electron chi connectivity index (χ0n) is 11.3. The Labute approximate surface area is 113 Å². The summed E-state index contributed by atoms with van der Waals surface area (Å²) in [6, 6.07) is 3.71. The Morgan fingerprint density at radius 1 is 1.37 bits per heavy atom. The molecule has 1 N–H and O–H groups in total. The SMILES string of the molecule is CCCNC(CC1CCCO1)c1c(F)cccc1F. The molecule has 19 heavy (non-hydrogen) atoms. The lowest BCUT2D eigenvalue weighted by Gasteiger charge is -2.23. The van der Waals surface area contributed by atoms with E-state index in [1.165, 1.54) is 18.2 Å². The van der Waals surface area contributed by atoms with Crippen molar-refractivity contribution in [2.75, 3.05) is 13.2 Å². The third-order valence-corrected chi connectivity index (χ3v) is 3.51. The van der Waals surface area contributed by atoms with Crippen LogP contribution in [-0.2, 0) is 4.74 Å². The van der Waals surface area contributed by atoms with Crippen LogP contribution in [0.25, 0.3) is 0 Å².